The third-order valence-corrected chi connectivity index (χ3v) is 2.86. The maximum atomic E-state index is 4.05. The molecule has 0 unspecified atom stereocenters. The van der Waals surface area contributed by atoms with E-state index in [1.54, 1.807) is 5.57 Å². The molecule has 88 valence electrons. The molecule has 0 fully saturated rings. The first-order valence-corrected chi connectivity index (χ1v) is 5.79. The quantitative estimate of drug-likeness (QED) is 0.613. The Labute approximate surface area is 95.9 Å². The van der Waals surface area contributed by atoms with Gasteiger partial charge < -0.3 is 4.90 Å². The first-order chi connectivity index (χ1) is 6.79. The van der Waals surface area contributed by atoms with Crippen molar-refractivity contribution in [2.75, 3.05) is 14.1 Å². The van der Waals surface area contributed by atoms with Crippen LogP contribution in [0.3, 0.4) is 0 Å². The van der Waals surface area contributed by atoms with Crippen LogP contribution in [0.15, 0.2) is 23.9 Å². The van der Waals surface area contributed by atoms with E-state index in [4.69, 9.17) is 0 Å². The molecule has 0 aliphatic heterocycles. The monoisotopic (exact) mass is 209 g/mol. The fourth-order valence-electron chi connectivity index (χ4n) is 1.66. The predicted octanol–water partition coefficient (Wildman–Crippen LogP) is 4.22. The van der Waals surface area contributed by atoms with Crippen molar-refractivity contribution in [1.29, 1.82) is 0 Å². The van der Waals surface area contributed by atoms with E-state index in [1.807, 2.05) is 0 Å². The van der Waals surface area contributed by atoms with Gasteiger partial charge in [-0.2, -0.15) is 0 Å². The molecular weight excluding hydrogens is 182 g/mol. The highest BCUT2D eigenvalue weighted by atomic mass is 15.1. The minimum absolute atomic E-state index is 0.314. The number of hydrogen-bond acceptors (Lipinski definition) is 1. The Kier molecular flexibility index (Phi) is 5.71. The summed E-state index contributed by atoms with van der Waals surface area (Å²) in [5, 5.41) is 0. The van der Waals surface area contributed by atoms with Crippen molar-refractivity contribution in [3.05, 3.63) is 23.9 Å². The first kappa shape index (κ1) is 14.3. The molecule has 15 heavy (non-hydrogen) atoms. The summed E-state index contributed by atoms with van der Waals surface area (Å²) in [5.74, 6) is 0. The lowest BCUT2D eigenvalue weighted by Crippen LogP contribution is -2.12. The topological polar surface area (TPSA) is 3.24 Å². The van der Waals surface area contributed by atoms with Gasteiger partial charge >= 0.3 is 0 Å². The van der Waals surface area contributed by atoms with Crippen LogP contribution in [0.4, 0.5) is 0 Å². The average Bonchev–Trinajstić information content (AvgIpc) is 2.09. The lowest BCUT2D eigenvalue weighted by Gasteiger charge is -2.23. The van der Waals surface area contributed by atoms with Crippen LogP contribution < -0.4 is 0 Å². The summed E-state index contributed by atoms with van der Waals surface area (Å²) in [5.41, 5.74) is 3.09. The minimum Gasteiger partial charge on any atom is -0.381 e. The highest BCUT2D eigenvalue weighted by molar-refractivity contribution is 5.10. The molecule has 1 heteroatoms. The minimum atomic E-state index is 0.314. The third-order valence-electron chi connectivity index (χ3n) is 2.86. The Morgan fingerprint density at radius 3 is 2.07 bits per heavy atom. The van der Waals surface area contributed by atoms with Gasteiger partial charge in [-0.15, -0.1) is 0 Å². The second-order valence-corrected chi connectivity index (χ2v) is 5.38. The summed E-state index contributed by atoms with van der Waals surface area (Å²) in [6.45, 7) is 13.0. The maximum absolute atomic E-state index is 4.05. The largest absolute Gasteiger partial charge is 0.381 e. The Bertz CT molecular complexity index is 228. The van der Waals surface area contributed by atoms with E-state index in [2.05, 4.69) is 59.3 Å². The molecule has 0 aromatic carbocycles. The molecule has 0 aliphatic rings. The van der Waals surface area contributed by atoms with Crippen molar-refractivity contribution >= 4 is 0 Å². The summed E-state index contributed by atoms with van der Waals surface area (Å²) in [6.07, 6.45) is 5.75. The molecule has 0 heterocycles. The molecule has 0 saturated carbocycles. The van der Waals surface area contributed by atoms with E-state index >= 15 is 0 Å². The van der Waals surface area contributed by atoms with Gasteiger partial charge in [0, 0.05) is 19.8 Å². The van der Waals surface area contributed by atoms with Gasteiger partial charge in [-0.05, 0) is 31.6 Å². The van der Waals surface area contributed by atoms with Gasteiger partial charge in [0.15, 0.2) is 0 Å². The van der Waals surface area contributed by atoms with Gasteiger partial charge in [-0.3, -0.25) is 0 Å². The van der Waals surface area contributed by atoms with Crippen molar-refractivity contribution in [2.45, 2.75) is 47.0 Å². The van der Waals surface area contributed by atoms with Gasteiger partial charge in [0.05, 0.1) is 0 Å². The van der Waals surface area contributed by atoms with Gasteiger partial charge in [0.25, 0.3) is 0 Å². The van der Waals surface area contributed by atoms with Crippen LogP contribution in [0.1, 0.15) is 47.0 Å². The number of allylic oxidation sites excluding steroid dienone is 3. The Balaban J connectivity index is 4.01. The van der Waals surface area contributed by atoms with Crippen molar-refractivity contribution in [1.82, 2.24) is 4.90 Å². The molecule has 0 aromatic rings. The van der Waals surface area contributed by atoms with Crippen molar-refractivity contribution in [3.63, 3.8) is 0 Å². The summed E-state index contributed by atoms with van der Waals surface area (Å²) in [4.78, 5) is 2.10. The fraction of sp³-hybridized carbons (Fsp3) is 0.714. The maximum Gasteiger partial charge on any atom is 0.00579 e. The number of rotatable bonds is 5. The lowest BCUT2D eigenvalue weighted by atomic mass is 9.83. The van der Waals surface area contributed by atoms with E-state index in [9.17, 15) is 0 Å². The summed E-state index contributed by atoms with van der Waals surface area (Å²) >= 11 is 0. The van der Waals surface area contributed by atoms with Gasteiger partial charge in [0.1, 0.15) is 0 Å². The van der Waals surface area contributed by atoms with E-state index in [0.29, 0.717) is 5.41 Å². The zero-order valence-corrected chi connectivity index (χ0v) is 11.4. The van der Waals surface area contributed by atoms with Crippen LogP contribution in [0, 0.1) is 5.41 Å². The highest BCUT2D eigenvalue weighted by Crippen LogP contribution is 2.29. The van der Waals surface area contributed by atoms with Gasteiger partial charge in [0.2, 0.25) is 0 Å². The summed E-state index contributed by atoms with van der Waals surface area (Å²) in [7, 11) is 4.12. The standard InChI is InChI=1S/C14H27N/c1-8-13(14(3,4)5)11-9-10-12(2)15(6)7/h8H,2,9-11H2,1,3-7H3/b13-8+. The molecule has 0 bridgehead atoms. The van der Waals surface area contributed by atoms with Crippen molar-refractivity contribution < 1.29 is 0 Å². The van der Waals surface area contributed by atoms with Crippen LogP contribution in [0.2, 0.25) is 0 Å². The lowest BCUT2D eigenvalue weighted by molar-refractivity contribution is 0.456. The van der Waals surface area contributed by atoms with Gasteiger partial charge in [-0.25, -0.2) is 0 Å². The highest BCUT2D eigenvalue weighted by Gasteiger charge is 2.15. The van der Waals surface area contributed by atoms with Crippen LogP contribution in [-0.4, -0.2) is 19.0 Å². The zero-order valence-electron chi connectivity index (χ0n) is 11.4. The van der Waals surface area contributed by atoms with E-state index in [-0.39, 0.29) is 0 Å². The number of nitrogens with zero attached hydrogens (tertiary/aromatic N) is 1. The average molecular weight is 209 g/mol. The molecule has 0 amide bonds. The number of hydrogen-bond donors (Lipinski definition) is 0. The van der Waals surface area contributed by atoms with Crippen molar-refractivity contribution in [2.24, 2.45) is 5.41 Å². The molecular formula is C14H27N. The molecule has 0 aliphatic carbocycles. The summed E-state index contributed by atoms with van der Waals surface area (Å²) < 4.78 is 0. The van der Waals surface area contributed by atoms with Gasteiger partial charge in [-0.1, -0.05) is 39.0 Å². The first-order valence-electron chi connectivity index (χ1n) is 5.79. The predicted molar refractivity (Wildman–Crippen MR) is 69.9 cm³/mol. The SMILES string of the molecule is C=C(CCC/C(=C\C)C(C)(C)C)N(C)C. The smallest absolute Gasteiger partial charge is 0.00579 e. The van der Waals surface area contributed by atoms with E-state index in [0.717, 1.165) is 6.42 Å². The van der Waals surface area contributed by atoms with Crippen LogP contribution in [-0.2, 0) is 0 Å². The Morgan fingerprint density at radius 1 is 1.20 bits per heavy atom. The van der Waals surface area contributed by atoms with E-state index < -0.39 is 0 Å². The summed E-state index contributed by atoms with van der Waals surface area (Å²) in [6, 6.07) is 0. The van der Waals surface area contributed by atoms with Crippen LogP contribution in [0.5, 0.6) is 0 Å². The zero-order chi connectivity index (χ0) is 12.1. The molecule has 0 spiro atoms. The molecule has 0 radical (unpaired) electrons. The Morgan fingerprint density at radius 2 is 1.73 bits per heavy atom. The second-order valence-electron chi connectivity index (χ2n) is 5.38. The molecule has 0 N–H and O–H groups in total. The second kappa shape index (κ2) is 5.99. The molecule has 0 saturated heterocycles. The van der Waals surface area contributed by atoms with Crippen LogP contribution in [0.25, 0.3) is 0 Å². The normalized spacial score (nSPS) is 12.8. The molecule has 0 rings (SSSR count). The van der Waals surface area contributed by atoms with Crippen LogP contribution >= 0.6 is 0 Å². The van der Waals surface area contributed by atoms with Crippen molar-refractivity contribution in [3.8, 4) is 0 Å². The molecule has 0 atom stereocenters. The molecule has 1 nitrogen and oxygen atoms in total. The fourth-order valence-corrected chi connectivity index (χ4v) is 1.66. The van der Waals surface area contributed by atoms with E-state index in [1.165, 1.54) is 18.5 Å². The molecule has 0 aromatic heterocycles. The Hall–Kier alpha value is -0.720. The third kappa shape index (κ3) is 5.66.